The average molecular weight is 225 g/mol. The zero-order chi connectivity index (χ0) is 11.6. The van der Waals surface area contributed by atoms with Crippen LogP contribution in [0.5, 0.6) is 0 Å². The lowest BCUT2D eigenvalue weighted by molar-refractivity contribution is -0.136. The Labute approximate surface area is 99.4 Å². The molecule has 0 amide bonds. The minimum absolute atomic E-state index is 0.306. The number of hydrogen-bond donors (Lipinski definition) is 1. The van der Waals surface area contributed by atoms with Gasteiger partial charge in [-0.1, -0.05) is 57.8 Å². The first kappa shape index (κ1) is 13.5. The van der Waals surface area contributed by atoms with E-state index in [-0.39, 0.29) is 0 Å². The lowest BCUT2D eigenvalue weighted by atomic mass is 9.91. The fourth-order valence-corrected chi connectivity index (χ4v) is 2.50. The van der Waals surface area contributed by atoms with Gasteiger partial charge in [0.2, 0.25) is 0 Å². The topological polar surface area (TPSA) is 37.3 Å². The van der Waals surface area contributed by atoms with Crippen LogP contribution in [-0.4, -0.2) is 11.1 Å². The number of carboxylic acid groups (broad SMARTS) is 1. The molecule has 0 atom stereocenters. The van der Waals surface area contributed by atoms with Gasteiger partial charge in [-0.05, 0) is 18.8 Å². The van der Waals surface area contributed by atoms with Gasteiger partial charge in [-0.25, -0.2) is 0 Å². The van der Waals surface area contributed by atoms with Crippen LogP contribution in [0.3, 0.4) is 0 Å². The lowest BCUT2D eigenvalue weighted by Crippen LogP contribution is -2.06. The van der Waals surface area contributed by atoms with Crippen molar-refractivity contribution in [2.45, 2.75) is 77.0 Å². The minimum atomic E-state index is -0.651. The van der Waals surface area contributed by atoms with Gasteiger partial charge in [0.05, 0.1) is 6.42 Å². The molecule has 0 bridgehead atoms. The Morgan fingerprint density at radius 3 is 1.56 bits per heavy atom. The van der Waals surface area contributed by atoms with Crippen molar-refractivity contribution in [3.8, 4) is 0 Å². The maximum Gasteiger partial charge on any atom is 0.303 e. The molecular weight excluding hydrogens is 200 g/mol. The van der Waals surface area contributed by atoms with Gasteiger partial charge in [0.25, 0.3) is 0 Å². The van der Waals surface area contributed by atoms with Gasteiger partial charge < -0.3 is 5.11 Å². The second kappa shape index (κ2) is 8.60. The van der Waals surface area contributed by atoms with Crippen molar-refractivity contribution in [3.63, 3.8) is 0 Å². The second-order valence-corrected chi connectivity index (χ2v) is 5.00. The molecule has 0 aromatic heterocycles. The number of aliphatic carboxylic acids is 1. The lowest BCUT2D eigenvalue weighted by Gasteiger charge is -2.15. The molecule has 2 nitrogen and oxygen atoms in total. The minimum Gasteiger partial charge on any atom is -0.481 e. The van der Waals surface area contributed by atoms with Crippen LogP contribution in [0.15, 0.2) is 0 Å². The third-order valence-corrected chi connectivity index (χ3v) is 3.46. The highest BCUT2D eigenvalue weighted by molar-refractivity contribution is 5.69. The summed E-state index contributed by atoms with van der Waals surface area (Å²) in [6.45, 7) is 0. The smallest absolute Gasteiger partial charge is 0.303 e. The molecule has 1 rings (SSSR count). The number of carbonyl (C=O) groups is 1. The van der Waals surface area contributed by atoms with Crippen LogP contribution >= 0.6 is 0 Å². The molecule has 0 unspecified atom stereocenters. The zero-order valence-electron chi connectivity index (χ0n) is 10.3. The summed E-state index contributed by atoms with van der Waals surface area (Å²) >= 11 is 0. The van der Waals surface area contributed by atoms with E-state index in [9.17, 15) is 4.79 Å². The molecule has 1 aliphatic carbocycles. The van der Waals surface area contributed by atoms with E-state index in [2.05, 4.69) is 0 Å². The molecule has 1 N–H and O–H groups in total. The summed E-state index contributed by atoms with van der Waals surface area (Å²) in [4.78, 5) is 10.7. The molecule has 1 radical (unpaired) electrons. The molecule has 0 aliphatic heterocycles. The molecule has 0 saturated heterocycles. The van der Waals surface area contributed by atoms with Crippen molar-refractivity contribution in [2.24, 2.45) is 0 Å². The van der Waals surface area contributed by atoms with E-state index in [1.165, 1.54) is 63.7 Å². The summed E-state index contributed by atoms with van der Waals surface area (Å²) in [5, 5.41) is 8.83. The van der Waals surface area contributed by atoms with Crippen LogP contribution in [0, 0.1) is 5.92 Å². The monoisotopic (exact) mass is 225 g/mol. The summed E-state index contributed by atoms with van der Waals surface area (Å²) in [6.07, 6.45) is 14.2. The quantitative estimate of drug-likeness (QED) is 0.759. The second-order valence-electron chi connectivity index (χ2n) is 5.00. The van der Waals surface area contributed by atoms with Gasteiger partial charge in [-0.15, -0.1) is 0 Å². The Kier molecular flexibility index (Phi) is 7.28. The van der Waals surface area contributed by atoms with Crippen molar-refractivity contribution in [2.75, 3.05) is 0 Å². The molecule has 0 aromatic rings. The highest BCUT2D eigenvalue weighted by Crippen LogP contribution is 2.24. The molecule has 93 valence electrons. The number of carboxylic acids is 1. The highest BCUT2D eigenvalue weighted by atomic mass is 16.4. The third kappa shape index (κ3) is 6.86. The normalized spacial score (nSPS) is 22.0. The molecule has 0 aromatic carbocycles. The van der Waals surface area contributed by atoms with E-state index in [1.807, 2.05) is 0 Å². The van der Waals surface area contributed by atoms with Crippen LogP contribution in [0.1, 0.15) is 77.0 Å². The third-order valence-electron chi connectivity index (χ3n) is 3.46. The Balaban J connectivity index is 2.27. The van der Waals surface area contributed by atoms with Gasteiger partial charge in [0.15, 0.2) is 0 Å². The van der Waals surface area contributed by atoms with E-state index in [0.29, 0.717) is 6.42 Å². The molecule has 0 heterocycles. The van der Waals surface area contributed by atoms with Crippen molar-refractivity contribution in [1.82, 2.24) is 0 Å². The maximum atomic E-state index is 10.7. The number of hydrogen-bond acceptors (Lipinski definition) is 1. The molecule has 2 heteroatoms. The predicted molar refractivity (Wildman–Crippen MR) is 66.3 cm³/mol. The molecule has 1 saturated carbocycles. The molecular formula is C14H25O2. The first-order chi connectivity index (χ1) is 7.79. The van der Waals surface area contributed by atoms with Gasteiger partial charge in [0.1, 0.15) is 0 Å². The fourth-order valence-electron chi connectivity index (χ4n) is 2.50. The van der Waals surface area contributed by atoms with Crippen molar-refractivity contribution in [1.29, 1.82) is 0 Å². The molecule has 1 aliphatic rings. The van der Waals surface area contributed by atoms with Crippen molar-refractivity contribution < 1.29 is 9.90 Å². The van der Waals surface area contributed by atoms with E-state index < -0.39 is 5.97 Å². The fraction of sp³-hybridized carbons (Fsp3) is 0.857. The van der Waals surface area contributed by atoms with E-state index in [1.54, 1.807) is 0 Å². The molecule has 16 heavy (non-hydrogen) atoms. The van der Waals surface area contributed by atoms with Gasteiger partial charge in [0, 0.05) is 0 Å². The number of rotatable bonds is 2. The van der Waals surface area contributed by atoms with E-state index in [0.717, 1.165) is 12.8 Å². The Morgan fingerprint density at radius 1 is 0.812 bits per heavy atom. The van der Waals surface area contributed by atoms with Crippen LogP contribution in [0.2, 0.25) is 0 Å². The summed E-state index contributed by atoms with van der Waals surface area (Å²) < 4.78 is 0. The van der Waals surface area contributed by atoms with Crippen LogP contribution in [0.4, 0.5) is 0 Å². The van der Waals surface area contributed by atoms with Crippen LogP contribution < -0.4 is 0 Å². The summed E-state index contributed by atoms with van der Waals surface area (Å²) in [5.41, 5.74) is 0. The summed E-state index contributed by atoms with van der Waals surface area (Å²) in [7, 11) is 0. The Bertz CT molecular complexity index is 177. The molecule has 0 spiro atoms. The summed E-state index contributed by atoms with van der Waals surface area (Å²) in [6, 6.07) is 0. The summed E-state index contributed by atoms with van der Waals surface area (Å²) in [5.74, 6) is 0.621. The van der Waals surface area contributed by atoms with Gasteiger partial charge >= 0.3 is 5.97 Å². The SMILES string of the molecule is O=C(O)C[C]1CCCCCCCCCCC1. The largest absolute Gasteiger partial charge is 0.481 e. The van der Waals surface area contributed by atoms with Crippen molar-refractivity contribution in [3.05, 3.63) is 5.92 Å². The Hall–Kier alpha value is -0.530. The van der Waals surface area contributed by atoms with E-state index >= 15 is 0 Å². The standard InChI is InChI=1S/C14H25O2/c15-14(16)12-13-10-8-6-4-2-1-3-5-7-9-11-13/h1-12H2,(H,15,16). The first-order valence-electron chi connectivity index (χ1n) is 6.84. The first-order valence-corrected chi connectivity index (χ1v) is 6.84. The Morgan fingerprint density at radius 2 is 1.19 bits per heavy atom. The van der Waals surface area contributed by atoms with Crippen molar-refractivity contribution >= 4 is 5.97 Å². The average Bonchev–Trinajstić information content (AvgIpc) is 2.21. The molecule has 1 fully saturated rings. The predicted octanol–water partition coefficient (Wildman–Crippen LogP) is 4.34. The van der Waals surface area contributed by atoms with E-state index in [4.69, 9.17) is 5.11 Å². The van der Waals surface area contributed by atoms with Crippen LogP contribution in [0.25, 0.3) is 0 Å². The van der Waals surface area contributed by atoms with Crippen LogP contribution in [-0.2, 0) is 4.79 Å². The highest BCUT2D eigenvalue weighted by Gasteiger charge is 2.13. The van der Waals surface area contributed by atoms with Gasteiger partial charge in [-0.2, -0.15) is 0 Å². The zero-order valence-corrected chi connectivity index (χ0v) is 10.3. The van der Waals surface area contributed by atoms with Gasteiger partial charge in [-0.3, -0.25) is 4.79 Å². The maximum absolute atomic E-state index is 10.7.